The molecule has 0 fully saturated rings. The first-order valence-corrected chi connectivity index (χ1v) is 9.10. The van der Waals surface area contributed by atoms with Crippen LogP contribution in [0.15, 0.2) is 28.9 Å². The second-order valence-corrected chi connectivity index (χ2v) is 7.53. The van der Waals surface area contributed by atoms with E-state index in [9.17, 15) is 21.6 Å². The van der Waals surface area contributed by atoms with Gasteiger partial charge in [-0.05, 0) is 18.4 Å². The third-order valence-electron chi connectivity index (χ3n) is 3.16. The summed E-state index contributed by atoms with van der Waals surface area (Å²) in [6.07, 6.45) is -3.85. The fourth-order valence-electron chi connectivity index (χ4n) is 2.03. The Labute approximate surface area is 143 Å². The first-order valence-electron chi connectivity index (χ1n) is 6.73. The molecular weight excluding hydrogens is 381 g/mol. The molecule has 13 heteroatoms. The van der Waals surface area contributed by atoms with E-state index in [0.717, 1.165) is 6.33 Å². The average Bonchev–Trinajstić information content (AvgIpc) is 3.24. The van der Waals surface area contributed by atoms with Gasteiger partial charge in [-0.25, -0.2) is 18.4 Å². The van der Waals surface area contributed by atoms with Gasteiger partial charge in [0.25, 0.3) is 10.0 Å². The summed E-state index contributed by atoms with van der Waals surface area (Å²) >= 11 is 1.24. The zero-order valence-electron chi connectivity index (χ0n) is 12.5. The second-order valence-electron chi connectivity index (χ2n) is 4.95. The molecule has 3 aromatic heterocycles. The van der Waals surface area contributed by atoms with Crippen LogP contribution in [0.25, 0.3) is 10.7 Å². The lowest BCUT2D eigenvalue weighted by Crippen LogP contribution is -2.39. The van der Waals surface area contributed by atoms with Gasteiger partial charge in [0.15, 0.2) is 22.7 Å². The highest BCUT2D eigenvalue weighted by atomic mass is 32.2. The predicted molar refractivity (Wildman–Crippen MR) is 82.1 cm³/mol. The van der Waals surface area contributed by atoms with Crippen molar-refractivity contribution in [1.29, 1.82) is 0 Å². The fraction of sp³-hybridized carbons (Fsp3) is 0.250. The van der Waals surface area contributed by atoms with Crippen molar-refractivity contribution in [1.82, 2.24) is 29.9 Å². The molecule has 0 amide bonds. The minimum atomic E-state index is -4.93. The molecule has 0 aliphatic carbocycles. The van der Waals surface area contributed by atoms with E-state index in [1.54, 1.807) is 22.2 Å². The van der Waals surface area contributed by atoms with Crippen LogP contribution in [0.3, 0.4) is 0 Å². The van der Waals surface area contributed by atoms with Crippen LogP contribution in [-0.2, 0) is 10.0 Å². The van der Waals surface area contributed by atoms with Gasteiger partial charge >= 0.3 is 6.18 Å². The molecule has 3 aromatic rings. The summed E-state index contributed by atoms with van der Waals surface area (Å²) in [6, 6.07) is 0.743. The van der Waals surface area contributed by atoms with Gasteiger partial charge in [0.2, 0.25) is 0 Å². The van der Waals surface area contributed by atoms with Crippen LogP contribution in [0, 0.1) is 6.92 Å². The van der Waals surface area contributed by atoms with Crippen LogP contribution in [0.5, 0.6) is 0 Å². The van der Waals surface area contributed by atoms with E-state index in [0.29, 0.717) is 4.88 Å². The number of nitrogens with zero attached hydrogens (tertiary/aromatic N) is 3. The van der Waals surface area contributed by atoms with E-state index in [4.69, 9.17) is 0 Å². The van der Waals surface area contributed by atoms with Crippen LogP contribution in [-0.4, -0.2) is 39.7 Å². The molecule has 0 saturated carbocycles. The van der Waals surface area contributed by atoms with Crippen molar-refractivity contribution in [3.63, 3.8) is 0 Å². The molecular formula is C12H11F3N6O2S2. The molecule has 0 aliphatic rings. The number of halogens is 3. The standard InChI is InChI=1S/C12H11F3N6O2S2/c1-6-11(17-5-16-6)25(22,23)21-8(12(13,14)15)10-18-9(19-20-10)7-3-2-4-24-7/h2-5,8,21H,1H3,(H,16,17)(H,18,19,20). The van der Waals surface area contributed by atoms with E-state index in [1.165, 1.54) is 18.3 Å². The third-order valence-corrected chi connectivity index (χ3v) is 5.49. The molecule has 0 spiro atoms. The summed E-state index contributed by atoms with van der Waals surface area (Å²) in [6.45, 7) is 1.38. The van der Waals surface area contributed by atoms with Crippen LogP contribution < -0.4 is 4.72 Å². The van der Waals surface area contributed by atoms with Gasteiger partial charge in [0.05, 0.1) is 16.9 Å². The van der Waals surface area contributed by atoms with E-state index in [1.807, 2.05) is 0 Å². The number of aromatic amines is 2. The Kier molecular flexibility index (Phi) is 4.38. The molecule has 0 saturated heterocycles. The topological polar surface area (TPSA) is 116 Å². The summed E-state index contributed by atoms with van der Waals surface area (Å²) in [5.41, 5.74) is 0.116. The lowest BCUT2D eigenvalue weighted by Gasteiger charge is -2.18. The van der Waals surface area contributed by atoms with Crippen molar-refractivity contribution in [3.05, 3.63) is 35.4 Å². The van der Waals surface area contributed by atoms with E-state index in [2.05, 4.69) is 25.1 Å². The molecule has 1 atom stereocenters. The third kappa shape index (κ3) is 3.57. The number of hydrogen-bond acceptors (Lipinski definition) is 6. The molecule has 1 unspecified atom stereocenters. The molecule has 0 aromatic carbocycles. The summed E-state index contributed by atoms with van der Waals surface area (Å²) in [7, 11) is -4.52. The van der Waals surface area contributed by atoms with Gasteiger partial charge in [-0.2, -0.15) is 23.0 Å². The van der Waals surface area contributed by atoms with Crippen LogP contribution >= 0.6 is 11.3 Å². The maximum absolute atomic E-state index is 13.4. The van der Waals surface area contributed by atoms with Crippen LogP contribution in [0.2, 0.25) is 0 Å². The number of hydrogen-bond donors (Lipinski definition) is 3. The van der Waals surface area contributed by atoms with Crippen molar-refractivity contribution < 1.29 is 21.6 Å². The number of nitrogens with one attached hydrogen (secondary N) is 3. The van der Waals surface area contributed by atoms with Crippen molar-refractivity contribution in [2.45, 2.75) is 24.2 Å². The first-order chi connectivity index (χ1) is 11.7. The Bertz CT molecular complexity index is 961. The smallest absolute Gasteiger partial charge is 0.348 e. The van der Waals surface area contributed by atoms with Gasteiger partial charge in [-0.3, -0.25) is 5.10 Å². The lowest BCUT2D eigenvalue weighted by atomic mass is 10.3. The number of aromatic nitrogens is 5. The van der Waals surface area contributed by atoms with E-state index < -0.39 is 33.1 Å². The quantitative estimate of drug-likeness (QED) is 0.615. The normalized spacial score (nSPS) is 13.9. The Balaban J connectivity index is 1.95. The number of rotatable bonds is 5. The molecule has 3 rings (SSSR count). The highest BCUT2D eigenvalue weighted by molar-refractivity contribution is 7.89. The van der Waals surface area contributed by atoms with Crippen LogP contribution in [0.1, 0.15) is 17.6 Å². The van der Waals surface area contributed by atoms with Crippen molar-refractivity contribution in [3.8, 4) is 10.7 Å². The lowest BCUT2D eigenvalue weighted by molar-refractivity contribution is -0.154. The SMILES string of the molecule is Cc1[nH]cnc1S(=O)(=O)NC(c1nc(-c2cccs2)n[nH]1)C(F)(F)F. The number of H-pyrrole nitrogens is 2. The van der Waals surface area contributed by atoms with Gasteiger partial charge < -0.3 is 4.98 Å². The monoisotopic (exact) mass is 392 g/mol. The molecule has 8 nitrogen and oxygen atoms in total. The Morgan fingerprint density at radius 1 is 1.36 bits per heavy atom. The number of aryl methyl sites for hydroxylation is 1. The molecule has 0 aliphatic heterocycles. The van der Waals surface area contributed by atoms with Gasteiger partial charge in [-0.1, -0.05) is 6.07 Å². The molecule has 134 valence electrons. The zero-order chi connectivity index (χ0) is 18.2. The largest absolute Gasteiger partial charge is 0.412 e. The average molecular weight is 392 g/mol. The maximum atomic E-state index is 13.4. The van der Waals surface area contributed by atoms with E-state index in [-0.39, 0.29) is 11.5 Å². The summed E-state index contributed by atoms with van der Waals surface area (Å²) < 4.78 is 66.2. The number of thiophene rings is 1. The fourth-order valence-corrected chi connectivity index (χ4v) is 4.00. The minimum absolute atomic E-state index is 0.0504. The second kappa shape index (κ2) is 6.24. The summed E-state index contributed by atoms with van der Waals surface area (Å²) in [4.78, 5) is 10.4. The molecule has 0 radical (unpaired) electrons. The Morgan fingerprint density at radius 2 is 2.12 bits per heavy atom. The number of imidazole rings is 1. The van der Waals surface area contributed by atoms with Crippen molar-refractivity contribution in [2.24, 2.45) is 0 Å². The predicted octanol–water partition coefficient (Wildman–Crippen LogP) is 2.15. The number of sulfonamides is 1. The first kappa shape index (κ1) is 17.6. The summed E-state index contributed by atoms with van der Waals surface area (Å²) in [5.74, 6) is -0.609. The molecule has 3 N–H and O–H groups in total. The Morgan fingerprint density at radius 3 is 2.68 bits per heavy atom. The van der Waals surface area contributed by atoms with Gasteiger partial charge in [0, 0.05) is 0 Å². The maximum Gasteiger partial charge on any atom is 0.412 e. The zero-order valence-corrected chi connectivity index (χ0v) is 14.1. The molecule has 0 bridgehead atoms. The van der Waals surface area contributed by atoms with E-state index >= 15 is 0 Å². The summed E-state index contributed by atoms with van der Waals surface area (Å²) in [5, 5.41) is 7.08. The van der Waals surface area contributed by atoms with Crippen molar-refractivity contribution >= 4 is 21.4 Å². The van der Waals surface area contributed by atoms with Gasteiger partial charge in [0.1, 0.15) is 0 Å². The van der Waals surface area contributed by atoms with Gasteiger partial charge in [-0.15, -0.1) is 11.3 Å². The molecule has 3 heterocycles. The van der Waals surface area contributed by atoms with Crippen LogP contribution in [0.4, 0.5) is 13.2 Å². The highest BCUT2D eigenvalue weighted by Gasteiger charge is 2.46. The van der Waals surface area contributed by atoms with Crippen molar-refractivity contribution in [2.75, 3.05) is 0 Å². The molecule has 25 heavy (non-hydrogen) atoms. The Hall–Kier alpha value is -2.25. The minimum Gasteiger partial charge on any atom is -0.348 e. The number of alkyl halides is 3. The highest BCUT2D eigenvalue weighted by Crippen LogP contribution is 2.33.